The van der Waals surface area contributed by atoms with Crippen molar-refractivity contribution in [3.8, 4) is 5.75 Å². The molecule has 0 saturated carbocycles. The number of amides is 1. The molecule has 2 rings (SSSR count). The van der Waals surface area contributed by atoms with Gasteiger partial charge in [-0.3, -0.25) is 4.79 Å². The fourth-order valence-corrected chi connectivity index (χ4v) is 2.09. The van der Waals surface area contributed by atoms with Crippen LogP contribution in [0.3, 0.4) is 0 Å². The molecule has 2 aromatic carbocycles. The first-order valence-corrected chi connectivity index (χ1v) is 7.59. The van der Waals surface area contributed by atoms with Crippen LogP contribution in [0.15, 0.2) is 47.6 Å². The zero-order valence-corrected chi connectivity index (χ0v) is 14.0. The van der Waals surface area contributed by atoms with Gasteiger partial charge in [-0.2, -0.15) is 18.3 Å². The Morgan fingerprint density at radius 2 is 1.92 bits per heavy atom. The molecular weight excluding hydrogens is 380 g/mol. The standard InChI is InChI=1S/C16H11Cl2F3N2O2/c17-13-6-1-3-10(15(13)18)8-22-23-14(24)9-25-12-5-2-4-11(7-12)16(19,20)21/h1-8H,9H2,(H,23,24)/b22-8+. The highest BCUT2D eigenvalue weighted by molar-refractivity contribution is 6.43. The van der Waals surface area contributed by atoms with E-state index in [1.807, 2.05) is 0 Å². The summed E-state index contributed by atoms with van der Waals surface area (Å²) < 4.78 is 42.8. The van der Waals surface area contributed by atoms with Gasteiger partial charge in [-0.05, 0) is 24.3 Å². The highest BCUT2D eigenvalue weighted by Gasteiger charge is 2.30. The van der Waals surface area contributed by atoms with Gasteiger partial charge in [-0.15, -0.1) is 0 Å². The minimum absolute atomic E-state index is 0.0770. The van der Waals surface area contributed by atoms with E-state index in [0.717, 1.165) is 12.1 Å². The molecule has 0 aromatic heterocycles. The van der Waals surface area contributed by atoms with Gasteiger partial charge in [-0.1, -0.05) is 41.4 Å². The van der Waals surface area contributed by atoms with Crippen molar-refractivity contribution in [3.63, 3.8) is 0 Å². The number of hydrogen-bond donors (Lipinski definition) is 1. The van der Waals surface area contributed by atoms with Crippen molar-refractivity contribution in [1.29, 1.82) is 0 Å². The molecule has 132 valence electrons. The van der Waals surface area contributed by atoms with Crippen molar-refractivity contribution >= 4 is 35.3 Å². The Morgan fingerprint density at radius 1 is 1.20 bits per heavy atom. The number of alkyl halides is 3. The quantitative estimate of drug-likeness (QED) is 0.601. The van der Waals surface area contributed by atoms with Gasteiger partial charge in [0.15, 0.2) is 6.61 Å². The molecule has 25 heavy (non-hydrogen) atoms. The average Bonchev–Trinajstić information content (AvgIpc) is 2.56. The van der Waals surface area contributed by atoms with Crippen LogP contribution in [0.2, 0.25) is 10.0 Å². The molecule has 0 atom stereocenters. The van der Waals surface area contributed by atoms with Crippen LogP contribution in [0.25, 0.3) is 0 Å². The van der Waals surface area contributed by atoms with E-state index in [0.29, 0.717) is 10.6 Å². The molecule has 0 aliphatic rings. The minimum Gasteiger partial charge on any atom is -0.484 e. The Morgan fingerprint density at radius 3 is 2.64 bits per heavy atom. The van der Waals surface area contributed by atoms with Gasteiger partial charge in [0.25, 0.3) is 5.91 Å². The van der Waals surface area contributed by atoms with Crippen molar-refractivity contribution in [2.24, 2.45) is 5.10 Å². The fourth-order valence-electron chi connectivity index (χ4n) is 1.74. The van der Waals surface area contributed by atoms with Crippen molar-refractivity contribution < 1.29 is 22.7 Å². The summed E-state index contributed by atoms with van der Waals surface area (Å²) in [5, 5.41) is 4.30. The fraction of sp³-hybridized carbons (Fsp3) is 0.125. The molecule has 0 bridgehead atoms. The molecule has 1 amide bonds. The number of carbonyl (C=O) groups excluding carboxylic acids is 1. The van der Waals surface area contributed by atoms with Gasteiger partial charge in [-0.25, -0.2) is 5.43 Å². The van der Waals surface area contributed by atoms with Gasteiger partial charge in [0.2, 0.25) is 0 Å². The Labute approximate surface area is 151 Å². The van der Waals surface area contributed by atoms with Gasteiger partial charge in [0.1, 0.15) is 5.75 Å². The molecule has 1 N–H and O–H groups in total. The second kappa shape index (κ2) is 8.22. The third-order valence-corrected chi connectivity index (χ3v) is 3.74. The Bertz CT molecular complexity index is 795. The third kappa shape index (κ3) is 5.65. The Balaban J connectivity index is 1.89. The molecule has 0 aliphatic carbocycles. The molecule has 0 radical (unpaired) electrons. The lowest BCUT2D eigenvalue weighted by Gasteiger charge is -2.09. The number of benzene rings is 2. The molecule has 2 aromatic rings. The van der Waals surface area contributed by atoms with Crippen molar-refractivity contribution in [2.75, 3.05) is 6.61 Å². The molecule has 0 aliphatic heterocycles. The molecule has 4 nitrogen and oxygen atoms in total. The van der Waals surface area contributed by atoms with Crippen LogP contribution in [-0.2, 0) is 11.0 Å². The number of nitrogens with zero attached hydrogens (tertiary/aromatic N) is 1. The van der Waals surface area contributed by atoms with Crippen LogP contribution in [0.4, 0.5) is 13.2 Å². The van der Waals surface area contributed by atoms with E-state index in [1.165, 1.54) is 18.3 Å². The summed E-state index contributed by atoms with van der Waals surface area (Å²) in [5.41, 5.74) is 1.81. The smallest absolute Gasteiger partial charge is 0.416 e. The van der Waals surface area contributed by atoms with Gasteiger partial charge < -0.3 is 4.74 Å². The number of hydrogen-bond acceptors (Lipinski definition) is 3. The largest absolute Gasteiger partial charge is 0.484 e. The minimum atomic E-state index is -4.48. The van der Waals surface area contributed by atoms with Crippen LogP contribution in [0, 0.1) is 0 Å². The van der Waals surface area contributed by atoms with Crippen LogP contribution < -0.4 is 10.2 Å². The molecule has 9 heteroatoms. The highest BCUT2D eigenvalue weighted by Crippen LogP contribution is 2.31. The molecular formula is C16H11Cl2F3N2O2. The number of rotatable bonds is 5. The van der Waals surface area contributed by atoms with Crippen molar-refractivity contribution in [3.05, 3.63) is 63.6 Å². The van der Waals surface area contributed by atoms with E-state index in [4.69, 9.17) is 27.9 Å². The SMILES string of the molecule is O=C(COc1cccc(C(F)(F)F)c1)N/N=C/c1cccc(Cl)c1Cl. The van der Waals surface area contributed by atoms with Gasteiger partial charge in [0.05, 0.1) is 21.8 Å². The normalized spacial score (nSPS) is 11.6. The number of ether oxygens (including phenoxy) is 1. The predicted octanol–water partition coefficient (Wildman–Crippen LogP) is 4.54. The Kier molecular flexibility index (Phi) is 6.27. The van der Waals surface area contributed by atoms with Crippen LogP contribution >= 0.6 is 23.2 Å². The van der Waals surface area contributed by atoms with Crippen LogP contribution in [0.1, 0.15) is 11.1 Å². The molecule has 0 saturated heterocycles. The molecule has 0 spiro atoms. The topological polar surface area (TPSA) is 50.7 Å². The second-order valence-corrected chi connectivity index (χ2v) is 5.54. The first-order chi connectivity index (χ1) is 11.8. The lowest BCUT2D eigenvalue weighted by Crippen LogP contribution is -2.24. The molecule has 0 heterocycles. The van der Waals surface area contributed by atoms with Crippen LogP contribution in [0.5, 0.6) is 5.75 Å². The van der Waals surface area contributed by atoms with E-state index in [2.05, 4.69) is 10.5 Å². The zero-order chi connectivity index (χ0) is 18.4. The number of carbonyl (C=O) groups is 1. The van der Waals surface area contributed by atoms with Gasteiger partial charge >= 0.3 is 6.18 Å². The Hall–Kier alpha value is -2.25. The van der Waals surface area contributed by atoms with E-state index < -0.39 is 24.3 Å². The summed E-state index contributed by atoms with van der Waals surface area (Å²) in [7, 11) is 0. The van der Waals surface area contributed by atoms with E-state index >= 15 is 0 Å². The third-order valence-electron chi connectivity index (χ3n) is 2.91. The van der Waals surface area contributed by atoms with E-state index in [1.54, 1.807) is 18.2 Å². The lowest BCUT2D eigenvalue weighted by molar-refractivity contribution is -0.137. The summed E-state index contributed by atoms with van der Waals surface area (Å²) in [6, 6.07) is 9.13. The van der Waals surface area contributed by atoms with Gasteiger partial charge in [0, 0.05) is 5.56 Å². The maximum Gasteiger partial charge on any atom is 0.416 e. The van der Waals surface area contributed by atoms with E-state index in [-0.39, 0.29) is 10.8 Å². The summed E-state index contributed by atoms with van der Waals surface area (Å²) in [4.78, 5) is 11.6. The summed E-state index contributed by atoms with van der Waals surface area (Å²) in [6.07, 6.45) is -3.20. The maximum absolute atomic E-state index is 12.6. The predicted molar refractivity (Wildman–Crippen MR) is 89.1 cm³/mol. The highest BCUT2D eigenvalue weighted by atomic mass is 35.5. The molecule has 0 unspecified atom stereocenters. The summed E-state index contributed by atoms with van der Waals surface area (Å²) >= 11 is 11.8. The lowest BCUT2D eigenvalue weighted by atomic mass is 10.2. The monoisotopic (exact) mass is 390 g/mol. The zero-order valence-electron chi connectivity index (χ0n) is 12.5. The summed E-state index contributed by atoms with van der Waals surface area (Å²) in [6.45, 7) is -0.498. The maximum atomic E-state index is 12.6. The van der Waals surface area contributed by atoms with E-state index in [9.17, 15) is 18.0 Å². The van der Waals surface area contributed by atoms with Crippen molar-refractivity contribution in [1.82, 2.24) is 5.43 Å². The number of hydrazone groups is 1. The van der Waals surface area contributed by atoms with Crippen LogP contribution in [-0.4, -0.2) is 18.7 Å². The molecule has 0 fully saturated rings. The van der Waals surface area contributed by atoms with Crippen molar-refractivity contribution in [2.45, 2.75) is 6.18 Å². The second-order valence-electron chi connectivity index (χ2n) is 4.75. The number of nitrogens with one attached hydrogen (secondary N) is 1. The first-order valence-electron chi connectivity index (χ1n) is 6.83. The summed E-state index contributed by atoms with van der Waals surface area (Å²) in [5.74, 6) is -0.723. The number of halogens is 5. The first kappa shape index (κ1) is 19.1. The average molecular weight is 391 g/mol.